The summed E-state index contributed by atoms with van der Waals surface area (Å²) in [5.74, 6) is 0.935. The lowest BCUT2D eigenvalue weighted by atomic mass is 10.1. The predicted octanol–water partition coefficient (Wildman–Crippen LogP) is 2.85. The molecule has 1 aromatic heterocycles. The van der Waals surface area contributed by atoms with E-state index in [9.17, 15) is 9.59 Å². The Balaban J connectivity index is 1.41. The number of urea groups is 1. The first-order valence-electron chi connectivity index (χ1n) is 9.69. The molecule has 0 saturated carbocycles. The van der Waals surface area contributed by atoms with Crippen LogP contribution >= 0.6 is 0 Å². The van der Waals surface area contributed by atoms with Crippen LogP contribution in [0.3, 0.4) is 0 Å². The van der Waals surface area contributed by atoms with Crippen molar-refractivity contribution in [1.29, 1.82) is 0 Å². The maximum atomic E-state index is 12.3. The molecule has 0 radical (unpaired) electrons. The van der Waals surface area contributed by atoms with Crippen molar-refractivity contribution in [3.8, 4) is 0 Å². The van der Waals surface area contributed by atoms with E-state index in [-0.39, 0.29) is 18.0 Å². The number of likely N-dealkylation sites (tertiary alicyclic amines) is 1. The molecule has 3 rings (SSSR count). The predicted molar refractivity (Wildman–Crippen MR) is 105 cm³/mol. The number of carbonyl (C=O) groups is 2. The molecule has 1 saturated heterocycles. The molecule has 1 unspecified atom stereocenters. The minimum atomic E-state index is -0.244. The van der Waals surface area contributed by atoms with Crippen LogP contribution in [0.25, 0.3) is 0 Å². The summed E-state index contributed by atoms with van der Waals surface area (Å²) < 4.78 is 10.7. The van der Waals surface area contributed by atoms with Gasteiger partial charge < -0.3 is 24.7 Å². The quantitative estimate of drug-likeness (QED) is 0.616. The lowest BCUT2D eigenvalue weighted by Gasteiger charge is -2.25. The van der Waals surface area contributed by atoms with E-state index in [1.807, 2.05) is 47.4 Å². The van der Waals surface area contributed by atoms with E-state index < -0.39 is 0 Å². The zero-order valence-corrected chi connectivity index (χ0v) is 15.9. The van der Waals surface area contributed by atoms with Crippen molar-refractivity contribution in [3.63, 3.8) is 0 Å². The topological polar surface area (TPSA) is 83.8 Å². The summed E-state index contributed by atoms with van der Waals surface area (Å²) in [5, 5.41) is 5.85. The minimum Gasteiger partial charge on any atom is -0.467 e. The van der Waals surface area contributed by atoms with Gasteiger partial charge in [0.2, 0.25) is 5.91 Å². The first-order valence-corrected chi connectivity index (χ1v) is 9.69. The number of hydrogen-bond donors (Lipinski definition) is 2. The summed E-state index contributed by atoms with van der Waals surface area (Å²) in [4.78, 5) is 26.1. The average molecular weight is 385 g/mol. The third kappa shape index (κ3) is 6.13. The Morgan fingerprint density at radius 3 is 2.79 bits per heavy atom. The third-order valence-electron chi connectivity index (χ3n) is 4.66. The highest BCUT2D eigenvalue weighted by atomic mass is 16.5. The molecule has 7 heteroatoms. The lowest BCUT2D eigenvalue weighted by Crippen LogP contribution is -2.43. The number of ether oxygens (including phenoxy) is 1. The second-order valence-corrected chi connectivity index (χ2v) is 6.79. The number of carbonyl (C=O) groups excluding carboxylic acids is 2. The fraction of sp³-hybridized carbons (Fsp3) is 0.429. The van der Waals surface area contributed by atoms with Crippen LogP contribution in [-0.2, 0) is 16.1 Å². The van der Waals surface area contributed by atoms with Crippen molar-refractivity contribution in [2.75, 3.05) is 26.2 Å². The Morgan fingerprint density at radius 2 is 2.07 bits per heavy atom. The number of furan rings is 1. The fourth-order valence-corrected chi connectivity index (χ4v) is 3.19. The van der Waals surface area contributed by atoms with Gasteiger partial charge in [0.15, 0.2) is 0 Å². The van der Waals surface area contributed by atoms with E-state index in [0.717, 1.165) is 24.3 Å². The molecular formula is C21H27N3O4. The van der Waals surface area contributed by atoms with Crippen LogP contribution in [0, 0.1) is 0 Å². The summed E-state index contributed by atoms with van der Waals surface area (Å²) in [7, 11) is 0. The lowest BCUT2D eigenvalue weighted by molar-refractivity contribution is -0.128. The Labute approximate surface area is 165 Å². The molecule has 0 bridgehead atoms. The maximum Gasteiger partial charge on any atom is 0.315 e. The van der Waals surface area contributed by atoms with E-state index in [1.54, 1.807) is 6.26 Å². The van der Waals surface area contributed by atoms with E-state index >= 15 is 0 Å². The Bertz CT molecular complexity index is 733. The van der Waals surface area contributed by atoms with Crippen LogP contribution in [0.15, 0.2) is 53.1 Å². The molecule has 150 valence electrons. The summed E-state index contributed by atoms with van der Waals surface area (Å²) in [6.07, 6.45) is 3.79. The molecule has 1 atom stereocenters. The van der Waals surface area contributed by atoms with Gasteiger partial charge in [0, 0.05) is 32.7 Å². The van der Waals surface area contributed by atoms with Gasteiger partial charge in [-0.1, -0.05) is 30.3 Å². The molecule has 0 aliphatic carbocycles. The number of benzene rings is 1. The summed E-state index contributed by atoms with van der Waals surface area (Å²) >= 11 is 0. The minimum absolute atomic E-state index is 0.150. The first kappa shape index (κ1) is 19.9. The van der Waals surface area contributed by atoms with Crippen LogP contribution in [0.4, 0.5) is 4.79 Å². The summed E-state index contributed by atoms with van der Waals surface area (Å²) in [6, 6.07) is 12.9. The number of hydrogen-bond acceptors (Lipinski definition) is 4. The van der Waals surface area contributed by atoms with Crippen LogP contribution in [0.5, 0.6) is 0 Å². The van der Waals surface area contributed by atoms with Gasteiger partial charge in [-0.2, -0.15) is 0 Å². The average Bonchev–Trinajstić information content (AvgIpc) is 3.37. The molecule has 2 heterocycles. The highest BCUT2D eigenvalue weighted by molar-refractivity contribution is 5.78. The van der Waals surface area contributed by atoms with Crippen molar-refractivity contribution in [1.82, 2.24) is 15.5 Å². The van der Waals surface area contributed by atoms with Crippen LogP contribution in [0.1, 0.15) is 36.6 Å². The van der Waals surface area contributed by atoms with Gasteiger partial charge in [-0.25, -0.2) is 4.79 Å². The van der Waals surface area contributed by atoms with Crippen LogP contribution < -0.4 is 10.6 Å². The summed E-state index contributed by atoms with van der Waals surface area (Å²) in [5.41, 5.74) is 0.985. The normalized spacial score (nSPS) is 14.9. The third-order valence-corrected chi connectivity index (χ3v) is 4.66. The number of amides is 3. The molecule has 28 heavy (non-hydrogen) atoms. The van der Waals surface area contributed by atoms with Crippen LogP contribution in [0.2, 0.25) is 0 Å². The number of nitrogens with one attached hydrogen (secondary N) is 2. The van der Waals surface area contributed by atoms with Crippen molar-refractivity contribution < 1.29 is 18.7 Å². The van der Waals surface area contributed by atoms with Crippen molar-refractivity contribution in [2.24, 2.45) is 0 Å². The molecule has 1 aromatic carbocycles. The highest BCUT2D eigenvalue weighted by Crippen LogP contribution is 2.18. The monoisotopic (exact) mass is 385 g/mol. The number of nitrogens with zero attached hydrogens (tertiary/aromatic N) is 1. The SMILES string of the molecule is O=C(NCCCOCc1ccco1)NC(CN1CCCC1=O)c1ccccc1. The smallest absolute Gasteiger partial charge is 0.315 e. The molecule has 7 nitrogen and oxygen atoms in total. The standard InChI is InChI=1S/C21H27N3O4/c25-20-10-4-12-24(20)15-19(17-7-2-1-3-8-17)23-21(26)22-11-6-13-27-16-18-9-5-14-28-18/h1-3,5,7-9,14,19H,4,6,10-13,15-16H2,(H2,22,23,26). The van der Waals surface area contributed by atoms with E-state index in [2.05, 4.69) is 10.6 Å². The van der Waals surface area contributed by atoms with Crippen molar-refractivity contribution >= 4 is 11.9 Å². The highest BCUT2D eigenvalue weighted by Gasteiger charge is 2.25. The van der Waals surface area contributed by atoms with Crippen LogP contribution in [-0.4, -0.2) is 43.1 Å². The zero-order chi connectivity index (χ0) is 19.6. The van der Waals surface area contributed by atoms with Gasteiger partial charge in [-0.15, -0.1) is 0 Å². The van der Waals surface area contributed by atoms with E-state index in [1.165, 1.54) is 0 Å². The summed E-state index contributed by atoms with van der Waals surface area (Å²) in [6.45, 7) is 2.71. The van der Waals surface area contributed by atoms with Gasteiger partial charge in [0.25, 0.3) is 0 Å². The zero-order valence-electron chi connectivity index (χ0n) is 15.9. The van der Waals surface area contributed by atoms with Gasteiger partial charge in [0.05, 0.1) is 12.3 Å². The molecule has 1 aliphatic heterocycles. The molecule has 3 amide bonds. The first-order chi connectivity index (χ1) is 13.7. The van der Waals surface area contributed by atoms with Gasteiger partial charge in [0.1, 0.15) is 12.4 Å². The molecule has 0 spiro atoms. The Morgan fingerprint density at radius 1 is 1.21 bits per heavy atom. The Kier molecular flexibility index (Phi) is 7.49. The van der Waals surface area contributed by atoms with Gasteiger partial charge >= 0.3 is 6.03 Å². The maximum absolute atomic E-state index is 12.3. The molecular weight excluding hydrogens is 358 g/mol. The van der Waals surface area contributed by atoms with Crippen molar-refractivity contribution in [3.05, 3.63) is 60.1 Å². The van der Waals surface area contributed by atoms with E-state index in [4.69, 9.17) is 9.15 Å². The van der Waals surface area contributed by atoms with E-state index in [0.29, 0.717) is 39.1 Å². The fourth-order valence-electron chi connectivity index (χ4n) is 3.19. The second-order valence-electron chi connectivity index (χ2n) is 6.79. The van der Waals surface area contributed by atoms with Gasteiger partial charge in [-0.05, 0) is 30.5 Å². The second kappa shape index (κ2) is 10.5. The molecule has 2 aromatic rings. The number of rotatable bonds is 10. The Hall–Kier alpha value is -2.80. The molecule has 2 N–H and O–H groups in total. The van der Waals surface area contributed by atoms with Crippen molar-refractivity contribution in [2.45, 2.75) is 31.9 Å². The molecule has 1 fully saturated rings. The van der Waals surface area contributed by atoms with Gasteiger partial charge in [-0.3, -0.25) is 4.79 Å². The largest absolute Gasteiger partial charge is 0.467 e. The molecule has 1 aliphatic rings.